The maximum atomic E-state index is 10.5. The number of rotatable bonds is 0. The third-order valence-electron chi connectivity index (χ3n) is 0.744. The molecule has 58 valence electrons. The lowest BCUT2D eigenvalue weighted by Crippen LogP contribution is -2.48. The zero-order valence-corrected chi connectivity index (χ0v) is 6.63. The highest BCUT2D eigenvalue weighted by Crippen LogP contribution is 1.58. The maximum absolute atomic E-state index is 10.5. The summed E-state index contributed by atoms with van der Waals surface area (Å²) in [7, 11) is 3.17. The number of nitrogens with one attached hydrogen (secondary N) is 4. The van der Waals surface area contributed by atoms with Gasteiger partial charge >= 0.3 is 6.03 Å². The van der Waals surface area contributed by atoms with Crippen LogP contribution in [0.15, 0.2) is 0 Å². The molecule has 4 N–H and O–H groups in total. The van der Waals surface area contributed by atoms with Gasteiger partial charge in [-0.3, -0.25) is 5.43 Å². The minimum absolute atomic E-state index is 0.336. The molecule has 0 radical (unpaired) electrons. The first-order chi connectivity index (χ1) is 4.70. The molecule has 0 heterocycles. The van der Waals surface area contributed by atoms with Gasteiger partial charge in [-0.15, -0.1) is 0 Å². The van der Waals surface area contributed by atoms with E-state index in [2.05, 4.69) is 33.7 Å². The molecule has 0 spiro atoms. The van der Waals surface area contributed by atoms with Gasteiger partial charge in [-0.25, -0.2) is 10.2 Å². The lowest BCUT2D eigenvalue weighted by molar-refractivity contribution is 0.241. The first-order valence-electron chi connectivity index (χ1n) is 2.66. The van der Waals surface area contributed by atoms with Crippen LogP contribution in [0.5, 0.6) is 0 Å². The molecule has 0 saturated carbocycles. The third-order valence-corrected chi connectivity index (χ3v) is 1.05. The van der Waals surface area contributed by atoms with Crippen LogP contribution in [0.1, 0.15) is 0 Å². The fraction of sp³-hybridized carbons (Fsp3) is 0.500. The molecule has 0 fully saturated rings. The second-order valence-corrected chi connectivity index (χ2v) is 1.82. The monoisotopic (exact) mass is 162 g/mol. The third kappa shape index (κ3) is 3.90. The lowest BCUT2D eigenvalue weighted by Gasteiger charge is -2.06. The van der Waals surface area contributed by atoms with E-state index in [0.717, 1.165) is 0 Å². The number of thiocarbonyl (C=S) groups is 1. The van der Waals surface area contributed by atoms with E-state index in [9.17, 15) is 4.79 Å². The minimum atomic E-state index is -0.336. The van der Waals surface area contributed by atoms with Gasteiger partial charge in [-0.1, -0.05) is 0 Å². The Morgan fingerprint density at radius 1 is 1.20 bits per heavy atom. The molecule has 0 aromatic heterocycles. The Hall–Kier alpha value is -1.04. The molecular weight excluding hydrogens is 152 g/mol. The van der Waals surface area contributed by atoms with Gasteiger partial charge < -0.3 is 10.6 Å². The van der Waals surface area contributed by atoms with Crippen molar-refractivity contribution < 1.29 is 4.79 Å². The van der Waals surface area contributed by atoms with Crippen LogP contribution in [0.4, 0.5) is 4.79 Å². The average molecular weight is 162 g/mol. The highest BCUT2D eigenvalue weighted by Gasteiger charge is 1.93. The number of amides is 2. The van der Waals surface area contributed by atoms with Crippen LogP contribution in [0.2, 0.25) is 0 Å². The summed E-state index contributed by atoms with van der Waals surface area (Å²) in [5.74, 6) is 0. The summed E-state index contributed by atoms with van der Waals surface area (Å²) in [6, 6.07) is -0.336. The van der Waals surface area contributed by atoms with Crippen molar-refractivity contribution >= 4 is 23.4 Å². The van der Waals surface area contributed by atoms with E-state index in [1.807, 2.05) is 0 Å². The Balaban J connectivity index is 3.35. The summed E-state index contributed by atoms with van der Waals surface area (Å²) in [4.78, 5) is 10.5. The van der Waals surface area contributed by atoms with Crippen LogP contribution < -0.4 is 21.5 Å². The van der Waals surface area contributed by atoms with E-state index in [1.165, 1.54) is 7.05 Å². The lowest BCUT2D eigenvalue weighted by atomic mass is 11.0. The SMILES string of the molecule is CNC(=O)NNC(=S)NC. The Bertz CT molecular complexity index is 121. The van der Waals surface area contributed by atoms with E-state index >= 15 is 0 Å². The van der Waals surface area contributed by atoms with Crippen molar-refractivity contribution in [3.63, 3.8) is 0 Å². The molecule has 0 rings (SSSR count). The molecule has 6 heteroatoms. The van der Waals surface area contributed by atoms with Gasteiger partial charge in [0.05, 0.1) is 0 Å². The van der Waals surface area contributed by atoms with Crippen molar-refractivity contribution in [1.29, 1.82) is 0 Å². The second kappa shape index (κ2) is 4.80. The summed E-state index contributed by atoms with van der Waals surface area (Å²) >= 11 is 4.66. The van der Waals surface area contributed by atoms with Gasteiger partial charge in [-0.05, 0) is 12.2 Å². The van der Waals surface area contributed by atoms with Crippen LogP contribution in [0.3, 0.4) is 0 Å². The van der Waals surface area contributed by atoms with E-state index in [1.54, 1.807) is 7.05 Å². The average Bonchev–Trinajstić information content (AvgIpc) is 1.99. The normalized spacial score (nSPS) is 7.80. The summed E-state index contributed by atoms with van der Waals surface area (Å²) in [6.45, 7) is 0. The van der Waals surface area contributed by atoms with E-state index < -0.39 is 0 Å². The van der Waals surface area contributed by atoms with E-state index in [0.29, 0.717) is 5.11 Å². The summed E-state index contributed by atoms with van der Waals surface area (Å²) < 4.78 is 0. The molecule has 0 aromatic rings. The van der Waals surface area contributed by atoms with Crippen molar-refractivity contribution in [2.45, 2.75) is 0 Å². The van der Waals surface area contributed by atoms with Crippen LogP contribution in [-0.4, -0.2) is 25.2 Å². The molecule has 5 nitrogen and oxygen atoms in total. The first kappa shape index (κ1) is 8.96. The molecule has 2 amide bonds. The van der Waals surface area contributed by atoms with Gasteiger partial charge in [0, 0.05) is 14.1 Å². The largest absolute Gasteiger partial charge is 0.364 e. The molecule has 0 unspecified atom stereocenters. The zero-order chi connectivity index (χ0) is 7.98. The van der Waals surface area contributed by atoms with Crippen molar-refractivity contribution in [3.05, 3.63) is 0 Å². The standard InChI is InChI=1S/C4H10N4OS/c1-5-3(9)7-8-4(10)6-2/h1-2H3,(H2,5,7,9)(H2,6,8,10). The van der Waals surface area contributed by atoms with Gasteiger partial charge in [0.15, 0.2) is 5.11 Å². The summed E-state index contributed by atoms with van der Waals surface area (Å²) in [5.41, 5.74) is 4.72. The second-order valence-electron chi connectivity index (χ2n) is 1.41. The summed E-state index contributed by atoms with van der Waals surface area (Å²) in [5, 5.41) is 5.33. The van der Waals surface area contributed by atoms with Gasteiger partial charge in [-0.2, -0.15) is 0 Å². The van der Waals surface area contributed by atoms with Crippen LogP contribution >= 0.6 is 12.2 Å². The molecule has 0 bridgehead atoms. The van der Waals surface area contributed by atoms with Crippen LogP contribution in [-0.2, 0) is 0 Å². The molecular formula is C4H10N4OS. The van der Waals surface area contributed by atoms with Gasteiger partial charge in [0.2, 0.25) is 0 Å². The van der Waals surface area contributed by atoms with E-state index in [4.69, 9.17) is 0 Å². The topological polar surface area (TPSA) is 65.2 Å². The zero-order valence-electron chi connectivity index (χ0n) is 5.82. The van der Waals surface area contributed by atoms with Crippen molar-refractivity contribution in [1.82, 2.24) is 21.5 Å². The highest BCUT2D eigenvalue weighted by atomic mass is 32.1. The predicted octanol–water partition coefficient (Wildman–Crippen LogP) is -1.08. The number of carbonyl (C=O) groups excluding carboxylic acids is 1. The van der Waals surface area contributed by atoms with Crippen molar-refractivity contribution in [2.24, 2.45) is 0 Å². The molecule has 0 atom stereocenters. The molecule has 0 aromatic carbocycles. The molecule has 0 aliphatic carbocycles. The number of carbonyl (C=O) groups is 1. The predicted molar refractivity (Wildman–Crippen MR) is 42.4 cm³/mol. The quantitative estimate of drug-likeness (QED) is 0.270. The molecule has 0 aliphatic heterocycles. The van der Waals surface area contributed by atoms with Gasteiger partial charge in [0.1, 0.15) is 0 Å². The minimum Gasteiger partial charge on any atom is -0.364 e. The highest BCUT2D eigenvalue weighted by molar-refractivity contribution is 7.80. The fourth-order valence-corrected chi connectivity index (χ4v) is 0.290. The Labute approximate surface area is 64.5 Å². The summed E-state index contributed by atoms with van der Waals surface area (Å²) in [6.07, 6.45) is 0. The molecule has 10 heavy (non-hydrogen) atoms. The van der Waals surface area contributed by atoms with Crippen LogP contribution in [0, 0.1) is 0 Å². The van der Waals surface area contributed by atoms with Crippen molar-refractivity contribution in [2.75, 3.05) is 14.1 Å². The van der Waals surface area contributed by atoms with E-state index in [-0.39, 0.29) is 6.03 Å². The molecule has 0 aliphatic rings. The number of hydrogen-bond donors (Lipinski definition) is 4. The van der Waals surface area contributed by atoms with Crippen molar-refractivity contribution in [3.8, 4) is 0 Å². The number of hydrogen-bond acceptors (Lipinski definition) is 2. The Kier molecular flexibility index (Phi) is 4.30. The number of hydrazine groups is 1. The smallest absolute Gasteiger partial charge is 0.333 e. The Morgan fingerprint density at radius 3 is 2.20 bits per heavy atom. The first-order valence-corrected chi connectivity index (χ1v) is 3.07. The van der Waals surface area contributed by atoms with Gasteiger partial charge in [0.25, 0.3) is 0 Å². The number of urea groups is 1. The fourth-order valence-electron chi connectivity index (χ4n) is 0.239. The van der Waals surface area contributed by atoms with Crippen LogP contribution in [0.25, 0.3) is 0 Å². The Morgan fingerprint density at radius 2 is 1.80 bits per heavy atom. The maximum Gasteiger partial charge on any atom is 0.333 e. The molecule has 0 saturated heterocycles.